The Hall–Kier alpha value is -1.61. The molecule has 1 atom stereocenters. The van der Waals surface area contributed by atoms with Gasteiger partial charge in [0.15, 0.2) is 0 Å². The highest BCUT2D eigenvalue weighted by molar-refractivity contribution is 5.78. The van der Waals surface area contributed by atoms with Gasteiger partial charge in [-0.2, -0.15) is 0 Å². The van der Waals surface area contributed by atoms with Crippen molar-refractivity contribution in [1.29, 1.82) is 0 Å². The Morgan fingerprint density at radius 1 is 1.38 bits per heavy atom. The lowest BCUT2D eigenvalue weighted by molar-refractivity contribution is -0.132. The van der Waals surface area contributed by atoms with Gasteiger partial charge < -0.3 is 10.0 Å². The highest BCUT2D eigenvalue weighted by Crippen LogP contribution is 2.16. The molecule has 16 heavy (non-hydrogen) atoms. The standard InChI is InChI=1S/C13H15NO2/c15-12-8-9-13(16)14(12)10-4-7-11-5-2-1-3-6-11/h1-7,12,15H,8-10H2/b7-4+. The third-order valence-electron chi connectivity index (χ3n) is 2.71. The molecule has 0 spiro atoms. The van der Waals surface area contributed by atoms with Crippen LogP contribution in [0.5, 0.6) is 0 Å². The molecule has 0 bridgehead atoms. The lowest BCUT2D eigenvalue weighted by Crippen LogP contribution is -2.32. The van der Waals surface area contributed by atoms with Crippen molar-refractivity contribution in [1.82, 2.24) is 4.90 Å². The van der Waals surface area contributed by atoms with E-state index >= 15 is 0 Å². The van der Waals surface area contributed by atoms with Gasteiger partial charge in [0, 0.05) is 19.4 Å². The van der Waals surface area contributed by atoms with Crippen LogP contribution in [0.2, 0.25) is 0 Å². The Bertz CT molecular complexity index is 386. The number of aliphatic hydroxyl groups excluding tert-OH is 1. The number of benzene rings is 1. The fourth-order valence-corrected chi connectivity index (χ4v) is 1.81. The molecule has 3 heteroatoms. The van der Waals surface area contributed by atoms with Crippen LogP contribution in [-0.2, 0) is 4.79 Å². The van der Waals surface area contributed by atoms with Crippen molar-refractivity contribution in [2.45, 2.75) is 19.1 Å². The molecule has 0 aliphatic carbocycles. The highest BCUT2D eigenvalue weighted by atomic mass is 16.3. The van der Waals surface area contributed by atoms with Gasteiger partial charge in [0.1, 0.15) is 6.23 Å². The third-order valence-corrected chi connectivity index (χ3v) is 2.71. The van der Waals surface area contributed by atoms with Crippen LogP contribution in [0.4, 0.5) is 0 Å². The summed E-state index contributed by atoms with van der Waals surface area (Å²) >= 11 is 0. The van der Waals surface area contributed by atoms with E-state index in [4.69, 9.17) is 0 Å². The van der Waals surface area contributed by atoms with Crippen LogP contribution in [0.25, 0.3) is 6.08 Å². The van der Waals surface area contributed by atoms with Crippen LogP contribution in [0.1, 0.15) is 18.4 Å². The second-order valence-electron chi connectivity index (χ2n) is 3.88. The highest BCUT2D eigenvalue weighted by Gasteiger charge is 2.27. The summed E-state index contributed by atoms with van der Waals surface area (Å²) < 4.78 is 0. The predicted octanol–water partition coefficient (Wildman–Crippen LogP) is 1.64. The van der Waals surface area contributed by atoms with E-state index in [0.717, 1.165) is 5.56 Å². The molecule has 1 N–H and O–H groups in total. The zero-order valence-corrected chi connectivity index (χ0v) is 9.04. The molecule has 1 amide bonds. The van der Waals surface area contributed by atoms with Gasteiger partial charge in [-0.3, -0.25) is 4.79 Å². The summed E-state index contributed by atoms with van der Waals surface area (Å²) in [5.74, 6) is 0.0326. The first-order chi connectivity index (χ1) is 7.77. The van der Waals surface area contributed by atoms with Crippen molar-refractivity contribution in [3.63, 3.8) is 0 Å². The minimum absolute atomic E-state index is 0.0326. The number of carbonyl (C=O) groups excluding carboxylic acids is 1. The number of rotatable bonds is 3. The fraction of sp³-hybridized carbons (Fsp3) is 0.308. The summed E-state index contributed by atoms with van der Waals surface area (Å²) in [5.41, 5.74) is 1.10. The van der Waals surface area contributed by atoms with Crippen LogP contribution >= 0.6 is 0 Å². The second kappa shape index (κ2) is 4.94. The van der Waals surface area contributed by atoms with E-state index in [1.165, 1.54) is 4.90 Å². The Labute approximate surface area is 95.0 Å². The van der Waals surface area contributed by atoms with E-state index in [2.05, 4.69) is 0 Å². The van der Waals surface area contributed by atoms with E-state index < -0.39 is 6.23 Å². The summed E-state index contributed by atoms with van der Waals surface area (Å²) in [7, 11) is 0. The second-order valence-corrected chi connectivity index (χ2v) is 3.88. The van der Waals surface area contributed by atoms with Crippen LogP contribution in [0.15, 0.2) is 36.4 Å². The number of carbonyl (C=O) groups is 1. The van der Waals surface area contributed by atoms with Crippen molar-refractivity contribution in [3.05, 3.63) is 42.0 Å². The quantitative estimate of drug-likeness (QED) is 0.836. The fourth-order valence-electron chi connectivity index (χ4n) is 1.81. The van der Waals surface area contributed by atoms with Crippen molar-refractivity contribution in [3.8, 4) is 0 Å². The molecular weight excluding hydrogens is 202 g/mol. The molecule has 1 saturated heterocycles. The number of hydrogen-bond donors (Lipinski definition) is 1. The largest absolute Gasteiger partial charge is 0.373 e. The molecule has 0 saturated carbocycles. The van der Waals surface area contributed by atoms with Crippen LogP contribution in [-0.4, -0.2) is 28.7 Å². The molecule has 1 fully saturated rings. The van der Waals surface area contributed by atoms with Gasteiger partial charge in [-0.1, -0.05) is 42.5 Å². The maximum atomic E-state index is 11.4. The average molecular weight is 217 g/mol. The molecule has 0 radical (unpaired) electrons. The van der Waals surface area contributed by atoms with Gasteiger partial charge in [-0.25, -0.2) is 0 Å². The maximum Gasteiger partial charge on any atom is 0.225 e. The number of hydrogen-bond acceptors (Lipinski definition) is 2. The summed E-state index contributed by atoms with van der Waals surface area (Å²) in [4.78, 5) is 12.9. The van der Waals surface area contributed by atoms with Gasteiger partial charge in [-0.05, 0) is 5.56 Å². The molecule has 0 aromatic heterocycles. The molecule has 1 aliphatic rings. The molecule has 1 aromatic carbocycles. The van der Waals surface area contributed by atoms with Crippen molar-refractivity contribution < 1.29 is 9.90 Å². The molecule has 3 nitrogen and oxygen atoms in total. The molecule has 84 valence electrons. The van der Waals surface area contributed by atoms with E-state index in [9.17, 15) is 9.90 Å². The van der Waals surface area contributed by atoms with Crippen molar-refractivity contribution in [2.24, 2.45) is 0 Å². The van der Waals surface area contributed by atoms with Crippen molar-refractivity contribution in [2.75, 3.05) is 6.54 Å². The molecular formula is C13H15NO2. The summed E-state index contributed by atoms with van der Waals surface area (Å²) in [6, 6.07) is 9.90. The lowest BCUT2D eigenvalue weighted by atomic mass is 10.2. The van der Waals surface area contributed by atoms with Gasteiger partial charge >= 0.3 is 0 Å². The van der Waals surface area contributed by atoms with Gasteiger partial charge in [0.05, 0.1) is 0 Å². The van der Waals surface area contributed by atoms with Gasteiger partial charge in [0.2, 0.25) is 5.91 Å². The first kappa shape index (κ1) is 10.9. The number of nitrogens with zero attached hydrogens (tertiary/aromatic N) is 1. The van der Waals surface area contributed by atoms with E-state index in [0.29, 0.717) is 19.4 Å². The summed E-state index contributed by atoms with van der Waals surface area (Å²) in [6.07, 6.45) is 4.27. The SMILES string of the molecule is O=C1CCC(O)N1C/C=C/c1ccccc1. The Morgan fingerprint density at radius 2 is 2.12 bits per heavy atom. The average Bonchev–Trinajstić information content (AvgIpc) is 2.62. The maximum absolute atomic E-state index is 11.4. The third kappa shape index (κ3) is 2.49. The van der Waals surface area contributed by atoms with Gasteiger partial charge in [0.25, 0.3) is 0 Å². The Morgan fingerprint density at radius 3 is 2.75 bits per heavy atom. The zero-order chi connectivity index (χ0) is 11.4. The van der Waals surface area contributed by atoms with Crippen LogP contribution in [0.3, 0.4) is 0 Å². The smallest absolute Gasteiger partial charge is 0.225 e. The minimum Gasteiger partial charge on any atom is -0.373 e. The molecule has 1 aliphatic heterocycles. The minimum atomic E-state index is -0.604. The van der Waals surface area contributed by atoms with Crippen LogP contribution < -0.4 is 0 Å². The molecule has 1 heterocycles. The first-order valence-electron chi connectivity index (χ1n) is 5.46. The molecule has 2 rings (SSSR count). The number of amides is 1. The molecule has 1 unspecified atom stereocenters. The normalized spacial score (nSPS) is 20.9. The zero-order valence-electron chi connectivity index (χ0n) is 9.04. The summed E-state index contributed by atoms with van der Waals surface area (Å²) in [5, 5.41) is 9.53. The van der Waals surface area contributed by atoms with Crippen molar-refractivity contribution >= 4 is 12.0 Å². The monoisotopic (exact) mass is 217 g/mol. The number of likely N-dealkylation sites (tertiary alicyclic amines) is 1. The predicted molar refractivity (Wildman–Crippen MR) is 62.4 cm³/mol. The van der Waals surface area contributed by atoms with E-state index in [1.54, 1.807) is 0 Å². The Balaban J connectivity index is 1.92. The number of aliphatic hydroxyl groups is 1. The molecule has 1 aromatic rings. The lowest BCUT2D eigenvalue weighted by Gasteiger charge is -2.17. The van der Waals surface area contributed by atoms with Gasteiger partial charge in [-0.15, -0.1) is 0 Å². The van der Waals surface area contributed by atoms with E-state index in [1.807, 2.05) is 42.5 Å². The Kier molecular flexibility index (Phi) is 3.37. The van der Waals surface area contributed by atoms with E-state index in [-0.39, 0.29) is 5.91 Å². The first-order valence-corrected chi connectivity index (χ1v) is 5.46. The van der Waals surface area contributed by atoms with Crippen LogP contribution in [0, 0.1) is 0 Å². The summed E-state index contributed by atoms with van der Waals surface area (Å²) in [6.45, 7) is 0.481. The topological polar surface area (TPSA) is 40.5 Å².